The molecule has 5 aliphatic heterocycles. The van der Waals surface area contributed by atoms with Crippen molar-refractivity contribution in [3.63, 3.8) is 0 Å². The molecule has 5 saturated heterocycles. The van der Waals surface area contributed by atoms with Crippen molar-refractivity contribution in [1.29, 1.82) is 0 Å². The SMILES string of the molecule is Cc1ccc(S(=O)(=O)NN)cc1.Cc1ccc(S(=O)(=O)NN=C2CCOCC2)cc1.Cn1ccc2ccc(-c3cc(NC(c4cccnc4)C4CCOCC4)cc4nccnc34)cc21.NC(c1cccnc1)C1CCOCC1.O=C(c1cccnc1)C1CCOCC1.O=C1CCOCC1.O=Cc1cccnc1. The van der Waals surface area contributed by atoms with Gasteiger partial charge in [0.05, 0.1) is 53.3 Å². The number of aryl methyl sites for hydroxylation is 3. The van der Waals surface area contributed by atoms with Crippen LogP contribution in [0, 0.1) is 31.6 Å². The summed E-state index contributed by atoms with van der Waals surface area (Å²) in [5, 5.41) is 9.02. The van der Waals surface area contributed by atoms with E-state index in [4.69, 9.17) is 40.2 Å². The maximum atomic E-state index is 11.9. The van der Waals surface area contributed by atoms with Crippen LogP contribution in [0.1, 0.15) is 119 Å². The summed E-state index contributed by atoms with van der Waals surface area (Å²) in [5.74, 6) is 6.54. The molecule has 0 aliphatic carbocycles. The van der Waals surface area contributed by atoms with Gasteiger partial charge in [-0.25, -0.2) is 13.2 Å². The minimum absolute atomic E-state index is 0.118. The number of pyridine rings is 4. The quantitative estimate of drug-likeness (QED) is 0.0275. The molecule has 10 aromatic rings. The summed E-state index contributed by atoms with van der Waals surface area (Å²) in [4.78, 5) is 62.2. The van der Waals surface area contributed by atoms with Crippen molar-refractivity contribution in [2.75, 3.05) is 71.4 Å². The first-order valence-electron chi connectivity index (χ1n) is 35.7. The molecular weight excluding hydrogens is 1400 g/mol. The fourth-order valence-corrected chi connectivity index (χ4v) is 13.6. The van der Waals surface area contributed by atoms with Crippen molar-refractivity contribution in [2.45, 2.75) is 99.9 Å². The number of Topliss-reactive ketones (excluding diaryl/α,β-unsaturated/α-hetero) is 2. The Bertz CT molecular complexity index is 4620. The predicted molar refractivity (Wildman–Crippen MR) is 412 cm³/mol. The zero-order valence-corrected chi connectivity index (χ0v) is 62.2. The number of hydrogen-bond acceptors (Lipinski definition) is 22. The largest absolute Gasteiger partial charge is 0.381 e. The summed E-state index contributed by atoms with van der Waals surface area (Å²) in [7, 11) is -4.96. The number of nitrogens with zero attached hydrogens (tertiary/aromatic N) is 8. The van der Waals surface area contributed by atoms with E-state index in [1.807, 2.05) is 56.7 Å². The van der Waals surface area contributed by atoms with E-state index >= 15 is 0 Å². The van der Waals surface area contributed by atoms with E-state index in [2.05, 4.69) is 100 Å². The Balaban J connectivity index is 0.000000155. The first-order valence-corrected chi connectivity index (χ1v) is 38.7. The molecule has 0 bridgehead atoms. The molecule has 27 heteroatoms. The maximum Gasteiger partial charge on any atom is 0.276 e. The van der Waals surface area contributed by atoms with Crippen LogP contribution in [0.2, 0.25) is 0 Å². The summed E-state index contributed by atoms with van der Waals surface area (Å²) in [6, 6.07) is 41.6. The number of hydrazone groups is 1. The first-order chi connectivity index (χ1) is 52.0. The van der Waals surface area contributed by atoms with Crippen molar-refractivity contribution in [1.82, 2.24) is 44.1 Å². The number of benzene rings is 4. The van der Waals surface area contributed by atoms with E-state index in [1.165, 1.54) is 34.8 Å². The Labute approximate surface area is 625 Å². The number of rotatable bonds is 15. The Morgan fingerprint density at radius 1 is 0.579 bits per heavy atom. The lowest BCUT2D eigenvalue weighted by Crippen LogP contribution is -2.30. The molecule has 11 heterocycles. The zero-order valence-electron chi connectivity index (χ0n) is 60.6. The first kappa shape index (κ1) is 81.3. The third-order valence-corrected chi connectivity index (χ3v) is 20.8. The van der Waals surface area contributed by atoms with Crippen molar-refractivity contribution >= 4 is 71.2 Å². The summed E-state index contributed by atoms with van der Waals surface area (Å²) in [6.45, 7) is 11.0. The Morgan fingerprint density at radius 2 is 1.11 bits per heavy atom. The van der Waals surface area contributed by atoms with Crippen molar-refractivity contribution in [3.05, 3.63) is 235 Å². The van der Waals surface area contributed by atoms with Gasteiger partial charge < -0.3 is 39.3 Å². The molecule has 0 amide bonds. The number of ketones is 2. The number of aldehydes is 1. The molecule has 107 heavy (non-hydrogen) atoms. The van der Waals surface area contributed by atoms with Crippen LogP contribution in [0.15, 0.2) is 217 Å². The molecule has 0 saturated carbocycles. The highest BCUT2D eigenvalue weighted by atomic mass is 32.2. The number of hydrazine groups is 1. The number of fused-ring (bicyclic) bond motifs is 2. The number of carbonyl (C=O) groups excluding carboxylic acids is 3. The number of nitrogens with two attached hydrogens (primary N) is 2. The van der Waals surface area contributed by atoms with Crippen LogP contribution < -0.4 is 26.6 Å². The summed E-state index contributed by atoms with van der Waals surface area (Å²) >= 11 is 0. The van der Waals surface area contributed by atoms with Crippen LogP contribution in [0.25, 0.3) is 33.1 Å². The molecule has 4 aromatic carbocycles. The number of carbonyl (C=O) groups is 3. The number of aromatic nitrogens is 7. The fourth-order valence-electron chi connectivity index (χ4n) is 12.1. The van der Waals surface area contributed by atoms with Gasteiger partial charge in [-0.2, -0.15) is 18.4 Å². The summed E-state index contributed by atoms with van der Waals surface area (Å²) in [5.41, 5.74) is 18.9. The molecule has 25 nitrogen and oxygen atoms in total. The van der Waals surface area contributed by atoms with Gasteiger partial charge in [-0.15, -0.1) is 0 Å². The van der Waals surface area contributed by atoms with Crippen LogP contribution in [0.4, 0.5) is 5.69 Å². The number of sulfonamides is 2. The molecule has 5 fully saturated rings. The summed E-state index contributed by atoms with van der Waals surface area (Å²) in [6.07, 6.45) is 28.8. The molecule has 2 atom stereocenters. The van der Waals surface area contributed by atoms with Gasteiger partial charge in [0.1, 0.15) is 5.78 Å². The second-order valence-electron chi connectivity index (χ2n) is 25.9. The third-order valence-electron chi connectivity index (χ3n) is 18.3. The van der Waals surface area contributed by atoms with E-state index in [9.17, 15) is 31.2 Å². The highest BCUT2D eigenvalue weighted by molar-refractivity contribution is 7.89. The lowest BCUT2D eigenvalue weighted by Gasteiger charge is -2.32. The topological polar surface area (TPSA) is 348 Å². The molecule has 5 aliphatic rings. The Hall–Kier alpha value is -9.78. The predicted octanol–water partition coefficient (Wildman–Crippen LogP) is 11.8. The van der Waals surface area contributed by atoms with Gasteiger partial charge in [0, 0.05) is 186 Å². The molecule has 15 rings (SSSR count). The van der Waals surface area contributed by atoms with Gasteiger partial charge in [-0.1, -0.05) is 59.7 Å². The van der Waals surface area contributed by atoms with Gasteiger partial charge in [-0.05, 0) is 171 Å². The molecule has 0 radical (unpaired) electrons. The molecule has 6 aromatic heterocycles. The molecule has 0 spiro atoms. The highest BCUT2D eigenvalue weighted by Gasteiger charge is 2.28. The monoisotopic (exact) mass is 1490 g/mol. The number of anilines is 1. The second kappa shape index (κ2) is 42.5. The van der Waals surface area contributed by atoms with E-state index in [0.717, 1.165) is 127 Å². The molecule has 7 N–H and O–H groups in total. The number of ether oxygens (including phenoxy) is 5. The van der Waals surface area contributed by atoms with Crippen molar-refractivity contribution in [3.8, 4) is 11.1 Å². The lowest BCUT2D eigenvalue weighted by atomic mass is 9.87. The fraction of sp³-hybridized carbons (Fsp3) is 0.350. The van der Waals surface area contributed by atoms with E-state index in [1.54, 1.807) is 96.6 Å². The van der Waals surface area contributed by atoms with Crippen molar-refractivity contribution < 1.29 is 54.9 Å². The van der Waals surface area contributed by atoms with E-state index in [0.29, 0.717) is 88.5 Å². The number of hydrogen-bond donors (Lipinski definition) is 5. The maximum absolute atomic E-state index is 11.9. The van der Waals surface area contributed by atoms with Crippen LogP contribution in [0.3, 0.4) is 0 Å². The van der Waals surface area contributed by atoms with Gasteiger partial charge in [0.15, 0.2) is 12.1 Å². The second-order valence-corrected chi connectivity index (χ2v) is 29.3. The Kier molecular flexibility index (Phi) is 32.3. The average molecular weight is 1490 g/mol. The van der Waals surface area contributed by atoms with Gasteiger partial charge in [-0.3, -0.25) is 50.1 Å². The minimum Gasteiger partial charge on any atom is -0.381 e. The Morgan fingerprint density at radius 3 is 1.64 bits per heavy atom. The van der Waals surface area contributed by atoms with Gasteiger partial charge in [0.2, 0.25) is 0 Å². The minimum atomic E-state index is -3.55. The van der Waals surface area contributed by atoms with Crippen LogP contribution in [-0.2, 0) is 55.6 Å². The molecular formula is C80H95N13O12S2. The molecule has 564 valence electrons. The third kappa shape index (κ3) is 25.7. The van der Waals surface area contributed by atoms with E-state index < -0.39 is 20.0 Å². The standard InChI is InChI=1S/C28H27N5O.C12H16N2O3S.C11H16N2O.C11H13NO2.C7H10N2O2S.C6H5NO.C5H8O2/c1-33-12-6-19-4-5-21(15-26(19)33)24-16-23(17-25-28(24)31-11-10-30-25)32-27(20-7-13-34-14-8-20)22-3-2-9-29-18-22;1-10-2-4-12(5-3-10)18(15,16)14-13-11-6-8-17-9-7-11;12-11(9-3-6-14-7-4-9)10-2-1-5-13-8-10;13-11(9-3-6-14-7-4-9)10-2-1-5-12-8-10;1-6-2-4-7(5-3-6)12(10,11)9-8;8-5-6-2-1-3-7-4-6;6-5-1-3-7-4-2-5/h2-6,9-12,15-18,20,27,32H,7-8,13-14H2,1H3;2-5,14H,6-9H2,1H3;1-2,5,8-9,11H,3-4,6-7,12H2;1-2,5,8-9H,3-4,6-7H2;2-5,9H,8H2,1H3;1-5H;1-4H2. The van der Waals surface area contributed by atoms with Crippen LogP contribution >= 0.6 is 0 Å². The smallest absolute Gasteiger partial charge is 0.276 e. The lowest BCUT2D eigenvalue weighted by molar-refractivity contribution is -0.124. The van der Waals surface area contributed by atoms with Crippen LogP contribution in [-0.4, -0.2) is 141 Å². The van der Waals surface area contributed by atoms with Gasteiger partial charge in [0.25, 0.3) is 20.0 Å². The number of nitrogens with one attached hydrogen (secondary N) is 3. The van der Waals surface area contributed by atoms with E-state index in [-0.39, 0.29) is 33.6 Å². The van der Waals surface area contributed by atoms with Gasteiger partial charge >= 0.3 is 0 Å². The summed E-state index contributed by atoms with van der Waals surface area (Å²) < 4.78 is 74.4. The van der Waals surface area contributed by atoms with Crippen molar-refractivity contribution in [2.24, 2.45) is 41.5 Å². The van der Waals surface area contributed by atoms with Crippen LogP contribution in [0.5, 0.6) is 0 Å². The normalized spacial score (nSPS) is 16.2. The average Bonchev–Trinajstić information content (AvgIpc) is 1.76. The zero-order chi connectivity index (χ0) is 75.6. The highest BCUT2D eigenvalue weighted by Crippen LogP contribution is 2.37. The molecule has 2 unspecified atom stereocenters.